The molecule has 0 aromatic carbocycles. The number of nitrogens with zero attached hydrogens (tertiary/aromatic N) is 1. The fourth-order valence-corrected chi connectivity index (χ4v) is 2.51. The van der Waals surface area contributed by atoms with Crippen LogP contribution in [0.2, 0.25) is 0 Å². The van der Waals surface area contributed by atoms with Gasteiger partial charge >= 0.3 is 12.0 Å². The van der Waals surface area contributed by atoms with E-state index in [4.69, 9.17) is 5.11 Å². The lowest BCUT2D eigenvalue weighted by atomic mass is 9.93. The van der Waals surface area contributed by atoms with E-state index >= 15 is 0 Å². The Morgan fingerprint density at radius 3 is 2.89 bits per heavy atom. The van der Waals surface area contributed by atoms with Crippen LogP contribution >= 0.6 is 11.3 Å². The van der Waals surface area contributed by atoms with Gasteiger partial charge in [-0.2, -0.15) is 0 Å². The fourth-order valence-electron chi connectivity index (χ4n) is 1.77. The molecule has 0 radical (unpaired) electrons. The van der Waals surface area contributed by atoms with Crippen LogP contribution in [-0.2, 0) is 11.2 Å². The number of hydrogen-bond acceptors (Lipinski definition) is 4. The molecule has 0 unspecified atom stereocenters. The van der Waals surface area contributed by atoms with Crippen LogP contribution in [0.15, 0.2) is 5.38 Å². The molecule has 3 N–H and O–H groups in total. The van der Waals surface area contributed by atoms with Crippen molar-refractivity contribution in [2.75, 3.05) is 5.32 Å². The molecule has 6 nitrogen and oxygen atoms in total. The predicted octanol–water partition coefficient (Wildman–Crippen LogP) is 2.22. The minimum absolute atomic E-state index is 0.141. The summed E-state index contributed by atoms with van der Waals surface area (Å²) >= 11 is 1.36. The molecule has 7 heteroatoms. The van der Waals surface area contributed by atoms with Crippen LogP contribution in [0.25, 0.3) is 0 Å². The van der Waals surface area contributed by atoms with Crippen LogP contribution in [0.5, 0.6) is 0 Å². The quantitative estimate of drug-likeness (QED) is 0.746. The Bertz CT molecular complexity index is 457. The smallest absolute Gasteiger partial charge is 0.321 e. The number of aryl methyl sites for hydroxylation is 1. The summed E-state index contributed by atoms with van der Waals surface area (Å²) in [4.78, 5) is 26.2. The molecule has 0 saturated heterocycles. The van der Waals surface area contributed by atoms with Crippen molar-refractivity contribution in [2.24, 2.45) is 0 Å². The lowest BCUT2D eigenvalue weighted by Gasteiger charge is -2.26. The molecule has 1 fully saturated rings. The normalized spacial score (nSPS) is 14.7. The number of amides is 2. The maximum absolute atomic E-state index is 11.6. The van der Waals surface area contributed by atoms with Crippen LogP contribution in [0, 0.1) is 0 Å². The van der Waals surface area contributed by atoms with Crippen molar-refractivity contribution in [3.63, 3.8) is 0 Å². The second kappa shape index (κ2) is 6.51. The van der Waals surface area contributed by atoms with Gasteiger partial charge in [0.2, 0.25) is 0 Å². The van der Waals surface area contributed by atoms with Crippen LogP contribution in [0.3, 0.4) is 0 Å². The monoisotopic (exact) mass is 283 g/mol. The van der Waals surface area contributed by atoms with Gasteiger partial charge in [0, 0.05) is 17.8 Å². The third kappa shape index (κ3) is 4.51. The third-order valence-corrected chi connectivity index (χ3v) is 3.84. The van der Waals surface area contributed by atoms with Gasteiger partial charge in [-0.05, 0) is 32.1 Å². The molecule has 0 atom stereocenters. The molecular weight excluding hydrogens is 266 g/mol. The number of carboxylic acid groups (broad SMARTS) is 1. The highest BCUT2D eigenvalue weighted by Crippen LogP contribution is 2.19. The van der Waals surface area contributed by atoms with Gasteiger partial charge in [0.15, 0.2) is 5.13 Å². The lowest BCUT2D eigenvalue weighted by molar-refractivity contribution is -0.137. The zero-order valence-electron chi connectivity index (χ0n) is 10.5. The van der Waals surface area contributed by atoms with E-state index in [1.165, 1.54) is 17.8 Å². The molecule has 2 rings (SSSR count). The summed E-state index contributed by atoms with van der Waals surface area (Å²) in [7, 11) is 0. The Balaban J connectivity index is 1.73. The number of thiazole rings is 1. The summed E-state index contributed by atoms with van der Waals surface area (Å²) in [5, 5.41) is 16.5. The summed E-state index contributed by atoms with van der Waals surface area (Å²) in [6.45, 7) is 0. The second-order valence-electron chi connectivity index (χ2n) is 4.62. The molecule has 1 aliphatic carbocycles. The lowest BCUT2D eigenvalue weighted by Crippen LogP contribution is -2.41. The first-order valence-electron chi connectivity index (χ1n) is 6.37. The topological polar surface area (TPSA) is 91.3 Å². The molecule has 19 heavy (non-hydrogen) atoms. The summed E-state index contributed by atoms with van der Waals surface area (Å²) in [6, 6.07) is 0.0890. The predicted molar refractivity (Wildman–Crippen MR) is 72.5 cm³/mol. The van der Waals surface area contributed by atoms with E-state index in [0.717, 1.165) is 18.5 Å². The standard InChI is InChI=1S/C12H17N3O3S/c16-10(17)6-2-5-9-7-19-12(14-9)15-11(18)13-8-3-1-4-8/h7-8H,1-6H2,(H,16,17)(H2,13,14,15,18). The number of anilines is 1. The Kier molecular flexibility index (Phi) is 4.73. The average molecular weight is 283 g/mol. The molecule has 2 amide bonds. The first-order valence-corrected chi connectivity index (χ1v) is 7.25. The molecule has 1 aromatic heterocycles. The van der Waals surface area contributed by atoms with E-state index in [0.29, 0.717) is 24.0 Å². The van der Waals surface area contributed by atoms with Gasteiger partial charge in [0.25, 0.3) is 0 Å². The Morgan fingerprint density at radius 1 is 1.47 bits per heavy atom. The zero-order chi connectivity index (χ0) is 13.7. The van der Waals surface area contributed by atoms with Crippen molar-refractivity contribution in [3.8, 4) is 0 Å². The van der Waals surface area contributed by atoms with Crippen molar-refractivity contribution in [1.82, 2.24) is 10.3 Å². The summed E-state index contributed by atoms with van der Waals surface area (Å²) in [5.74, 6) is -0.798. The van der Waals surface area contributed by atoms with Gasteiger partial charge in [0.05, 0.1) is 5.69 Å². The summed E-state index contributed by atoms with van der Waals surface area (Å²) < 4.78 is 0. The zero-order valence-corrected chi connectivity index (χ0v) is 11.3. The molecule has 1 heterocycles. The van der Waals surface area contributed by atoms with Crippen molar-refractivity contribution in [2.45, 2.75) is 44.6 Å². The molecule has 1 aliphatic rings. The number of nitrogens with one attached hydrogen (secondary N) is 2. The molecular formula is C12H17N3O3S. The van der Waals surface area contributed by atoms with E-state index < -0.39 is 5.97 Å². The van der Waals surface area contributed by atoms with Crippen LogP contribution in [0.1, 0.15) is 37.8 Å². The highest BCUT2D eigenvalue weighted by atomic mass is 32.1. The van der Waals surface area contributed by atoms with Gasteiger partial charge in [0.1, 0.15) is 0 Å². The first kappa shape index (κ1) is 13.8. The molecule has 104 valence electrons. The average Bonchev–Trinajstić information content (AvgIpc) is 2.71. The van der Waals surface area contributed by atoms with Gasteiger partial charge in [-0.1, -0.05) is 0 Å². The van der Waals surface area contributed by atoms with E-state index in [1.807, 2.05) is 5.38 Å². The van der Waals surface area contributed by atoms with Gasteiger partial charge in [-0.25, -0.2) is 9.78 Å². The number of hydrogen-bond donors (Lipinski definition) is 3. The van der Waals surface area contributed by atoms with E-state index in [9.17, 15) is 9.59 Å². The van der Waals surface area contributed by atoms with Crippen molar-refractivity contribution in [3.05, 3.63) is 11.1 Å². The Morgan fingerprint density at radius 2 is 2.26 bits per heavy atom. The SMILES string of the molecule is O=C(O)CCCc1csc(NC(=O)NC2CCC2)n1. The van der Waals surface area contributed by atoms with Gasteiger partial charge in [-0.15, -0.1) is 11.3 Å². The van der Waals surface area contributed by atoms with E-state index in [1.54, 1.807) is 0 Å². The Labute approximate surface area is 115 Å². The number of rotatable bonds is 6. The Hall–Kier alpha value is -1.63. The van der Waals surface area contributed by atoms with Crippen LogP contribution in [-0.4, -0.2) is 28.1 Å². The molecule has 0 aliphatic heterocycles. The third-order valence-electron chi connectivity index (χ3n) is 3.04. The number of urea groups is 1. The highest BCUT2D eigenvalue weighted by Gasteiger charge is 2.19. The van der Waals surface area contributed by atoms with Crippen molar-refractivity contribution >= 4 is 28.5 Å². The highest BCUT2D eigenvalue weighted by molar-refractivity contribution is 7.13. The maximum atomic E-state index is 11.6. The first-order chi connectivity index (χ1) is 9.13. The number of carbonyl (C=O) groups excluding carboxylic acids is 1. The summed E-state index contributed by atoms with van der Waals surface area (Å²) in [5.41, 5.74) is 0.824. The number of carbonyl (C=O) groups is 2. The summed E-state index contributed by atoms with van der Waals surface area (Å²) in [6.07, 6.45) is 4.59. The molecule has 0 spiro atoms. The van der Waals surface area contributed by atoms with Crippen LogP contribution in [0.4, 0.5) is 9.93 Å². The second-order valence-corrected chi connectivity index (χ2v) is 5.48. The molecule has 0 bridgehead atoms. The van der Waals surface area contributed by atoms with E-state index in [2.05, 4.69) is 15.6 Å². The van der Waals surface area contributed by atoms with Crippen molar-refractivity contribution < 1.29 is 14.7 Å². The van der Waals surface area contributed by atoms with Crippen LogP contribution < -0.4 is 10.6 Å². The van der Waals surface area contributed by atoms with E-state index in [-0.39, 0.29) is 12.5 Å². The molecule has 1 aromatic rings. The minimum atomic E-state index is -0.798. The fraction of sp³-hybridized carbons (Fsp3) is 0.583. The number of aliphatic carboxylic acids is 1. The maximum Gasteiger partial charge on any atom is 0.321 e. The number of carboxylic acids is 1. The largest absolute Gasteiger partial charge is 0.481 e. The number of aromatic nitrogens is 1. The molecule has 1 saturated carbocycles. The minimum Gasteiger partial charge on any atom is -0.481 e. The van der Waals surface area contributed by atoms with Gasteiger partial charge in [-0.3, -0.25) is 10.1 Å². The van der Waals surface area contributed by atoms with Gasteiger partial charge < -0.3 is 10.4 Å². The van der Waals surface area contributed by atoms with Crippen molar-refractivity contribution in [1.29, 1.82) is 0 Å².